The van der Waals surface area contributed by atoms with Gasteiger partial charge in [-0.15, -0.1) is 0 Å². The molecule has 1 N–H and O–H groups in total. The van der Waals surface area contributed by atoms with Crippen LogP contribution >= 0.6 is 0 Å². The number of aryl methyl sites for hydroxylation is 1. The van der Waals surface area contributed by atoms with Crippen LogP contribution in [-0.4, -0.2) is 48.3 Å². The first-order valence-corrected chi connectivity index (χ1v) is 7.95. The van der Waals surface area contributed by atoms with E-state index in [0.29, 0.717) is 18.5 Å². The van der Waals surface area contributed by atoms with Gasteiger partial charge in [-0.05, 0) is 18.4 Å². The zero-order valence-electron chi connectivity index (χ0n) is 14.3. The van der Waals surface area contributed by atoms with Gasteiger partial charge in [0.1, 0.15) is 6.29 Å². The molecule has 0 saturated heterocycles. The Morgan fingerprint density at radius 2 is 2.00 bits per heavy atom. The maximum atomic E-state index is 12.1. The molecule has 7 nitrogen and oxygen atoms in total. The molecule has 7 heteroatoms. The monoisotopic (exact) mass is 343 g/mol. The SMILES string of the molecule is CN(C)C(=O)c1cc(CC(=O)N[C@H](C=O)CCc2ccccc2)no1. The first kappa shape index (κ1) is 18.4. The van der Waals surface area contributed by atoms with Crippen LogP contribution in [0.5, 0.6) is 0 Å². The van der Waals surface area contributed by atoms with E-state index in [1.807, 2.05) is 30.3 Å². The molecule has 0 saturated carbocycles. The van der Waals surface area contributed by atoms with Crippen LogP contribution < -0.4 is 5.32 Å². The fraction of sp³-hybridized carbons (Fsp3) is 0.333. The maximum Gasteiger partial charge on any atom is 0.291 e. The Hall–Kier alpha value is -2.96. The molecular weight excluding hydrogens is 322 g/mol. The van der Waals surface area contributed by atoms with E-state index in [1.54, 1.807) is 14.1 Å². The Labute approximate surface area is 146 Å². The molecule has 0 radical (unpaired) electrons. The molecule has 1 aromatic heterocycles. The summed E-state index contributed by atoms with van der Waals surface area (Å²) in [7, 11) is 3.19. The maximum absolute atomic E-state index is 12.1. The molecule has 2 aromatic rings. The van der Waals surface area contributed by atoms with Crippen molar-refractivity contribution in [2.45, 2.75) is 25.3 Å². The average Bonchev–Trinajstić information content (AvgIpc) is 3.06. The average molecular weight is 343 g/mol. The lowest BCUT2D eigenvalue weighted by molar-refractivity contribution is -0.123. The Kier molecular flexibility index (Phi) is 6.45. The molecule has 25 heavy (non-hydrogen) atoms. The van der Waals surface area contributed by atoms with Gasteiger partial charge in [-0.3, -0.25) is 9.59 Å². The number of hydrogen-bond acceptors (Lipinski definition) is 5. The summed E-state index contributed by atoms with van der Waals surface area (Å²) >= 11 is 0. The number of carbonyl (C=O) groups excluding carboxylic acids is 3. The largest absolute Gasteiger partial charge is 0.351 e. The van der Waals surface area contributed by atoms with Crippen LogP contribution in [0, 0.1) is 0 Å². The summed E-state index contributed by atoms with van der Waals surface area (Å²) in [4.78, 5) is 36.3. The number of nitrogens with one attached hydrogen (secondary N) is 1. The standard InChI is InChI=1S/C18H21N3O4/c1-21(2)18(24)16-10-15(20-25-16)11-17(23)19-14(12-22)9-8-13-6-4-3-5-7-13/h3-7,10,12,14H,8-9,11H2,1-2H3,(H,19,23)/t14-/m0/s1. The molecule has 0 unspecified atom stereocenters. The molecule has 1 heterocycles. The molecule has 0 aliphatic rings. The van der Waals surface area contributed by atoms with Crippen molar-refractivity contribution < 1.29 is 18.9 Å². The summed E-state index contributed by atoms with van der Waals surface area (Å²) in [6, 6.07) is 10.6. The normalized spacial score (nSPS) is 11.6. The first-order valence-electron chi connectivity index (χ1n) is 7.95. The summed E-state index contributed by atoms with van der Waals surface area (Å²) in [5.41, 5.74) is 1.45. The minimum absolute atomic E-state index is 0.0557. The van der Waals surface area contributed by atoms with Crippen LogP contribution in [0.3, 0.4) is 0 Å². The molecule has 0 bridgehead atoms. The highest BCUT2D eigenvalue weighted by molar-refractivity contribution is 5.91. The van der Waals surface area contributed by atoms with Crippen molar-refractivity contribution >= 4 is 18.1 Å². The van der Waals surface area contributed by atoms with Crippen LogP contribution in [0.2, 0.25) is 0 Å². The predicted octanol–water partition coefficient (Wildman–Crippen LogP) is 1.24. The van der Waals surface area contributed by atoms with Crippen molar-refractivity contribution in [2.75, 3.05) is 14.1 Å². The van der Waals surface area contributed by atoms with E-state index in [1.165, 1.54) is 11.0 Å². The van der Waals surface area contributed by atoms with Crippen LogP contribution in [0.1, 0.15) is 28.2 Å². The van der Waals surface area contributed by atoms with Crippen LogP contribution in [0.4, 0.5) is 0 Å². The molecule has 0 aliphatic carbocycles. The number of benzene rings is 1. The number of carbonyl (C=O) groups is 3. The lowest BCUT2D eigenvalue weighted by Gasteiger charge is -2.12. The van der Waals surface area contributed by atoms with Gasteiger partial charge in [-0.1, -0.05) is 35.5 Å². The number of nitrogens with zero attached hydrogens (tertiary/aromatic N) is 2. The van der Waals surface area contributed by atoms with Gasteiger partial charge in [-0.2, -0.15) is 0 Å². The zero-order valence-corrected chi connectivity index (χ0v) is 14.3. The third-order valence-corrected chi connectivity index (χ3v) is 3.62. The second kappa shape index (κ2) is 8.77. The van der Waals surface area contributed by atoms with E-state index in [9.17, 15) is 14.4 Å². The van der Waals surface area contributed by atoms with Crippen LogP contribution in [-0.2, 0) is 22.4 Å². The molecular formula is C18H21N3O4. The van der Waals surface area contributed by atoms with E-state index in [0.717, 1.165) is 11.8 Å². The Bertz CT molecular complexity index is 725. The number of aldehydes is 1. The quantitative estimate of drug-likeness (QED) is 0.728. The predicted molar refractivity (Wildman–Crippen MR) is 91.0 cm³/mol. The van der Waals surface area contributed by atoms with Gasteiger partial charge >= 0.3 is 0 Å². The van der Waals surface area contributed by atoms with Gasteiger partial charge < -0.3 is 19.5 Å². The summed E-state index contributed by atoms with van der Waals surface area (Å²) in [6.45, 7) is 0. The van der Waals surface area contributed by atoms with E-state index >= 15 is 0 Å². The minimum Gasteiger partial charge on any atom is -0.351 e. The van der Waals surface area contributed by atoms with Crippen molar-refractivity contribution in [3.05, 3.63) is 53.4 Å². The van der Waals surface area contributed by atoms with Crippen LogP contribution in [0.15, 0.2) is 40.9 Å². The van der Waals surface area contributed by atoms with Crippen molar-refractivity contribution in [2.24, 2.45) is 0 Å². The lowest BCUT2D eigenvalue weighted by Crippen LogP contribution is -2.37. The van der Waals surface area contributed by atoms with Gasteiger partial charge in [0, 0.05) is 20.2 Å². The topological polar surface area (TPSA) is 92.5 Å². The fourth-order valence-corrected chi connectivity index (χ4v) is 2.28. The molecule has 0 fully saturated rings. The van der Waals surface area contributed by atoms with E-state index < -0.39 is 6.04 Å². The van der Waals surface area contributed by atoms with E-state index in [-0.39, 0.29) is 24.0 Å². The Morgan fingerprint density at radius 3 is 2.64 bits per heavy atom. The van der Waals surface area contributed by atoms with Gasteiger partial charge in [0.05, 0.1) is 18.2 Å². The molecule has 1 aromatic carbocycles. The van der Waals surface area contributed by atoms with Crippen molar-refractivity contribution in [3.63, 3.8) is 0 Å². The smallest absolute Gasteiger partial charge is 0.291 e. The minimum atomic E-state index is -0.567. The molecule has 1 atom stereocenters. The van der Waals surface area contributed by atoms with Crippen molar-refractivity contribution in [1.82, 2.24) is 15.4 Å². The van der Waals surface area contributed by atoms with Gasteiger partial charge in [-0.25, -0.2) is 0 Å². The lowest BCUT2D eigenvalue weighted by atomic mass is 10.1. The Morgan fingerprint density at radius 1 is 1.28 bits per heavy atom. The summed E-state index contributed by atoms with van der Waals surface area (Å²) in [6.07, 6.45) is 1.88. The second-order valence-corrected chi connectivity index (χ2v) is 5.89. The van der Waals surface area contributed by atoms with E-state index in [4.69, 9.17) is 4.52 Å². The van der Waals surface area contributed by atoms with E-state index in [2.05, 4.69) is 10.5 Å². The molecule has 132 valence electrons. The highest BCUT2D eigenvalue weighted by Crippen LogP contribution is 2.08. The van der Waals surface area contributed by atoms with Crippen LogP contribution in [0.25, 0.3) is 0 Å². The molecule has 0 spiro atoms. The number of hydrogen-bond donors (Lipinski definition) is 1. The summed E-state index contributed by atoms with van der Waals surface area (Å²) < 4.78 is 4.93. The Balaban J connectivity index is 1.85. The molecule has 2 amide bonds. The summed E-state index contributed by atoms with van der Waals surface area (Å²) in [5.74, 6) is -0.598. The highest BCUT2D eigenvalue weighted by atomic mass is 16.5. The third-order valence-electron chi connectivity index (χ3n) is 3.62. The second-order valence-electron chi connectivity index (χ2n) is 5.89. The third kappa shape index (κ3) is 5.56. The van der Waals surface area contributed by atoms with Gasteiger partial charge in [0.25, 0.3) is 5.91 Å². The number of amides is 2. The molecule has 2 rings (SSSR count). The number of aromatic nitrogens is 1. The zero-order chi connectivity index (χ0) is 18.2. The highest BCUT2D eigenvalue weighted by Gasteiger charge is 2.18. The first-order chi connectivity index (χ1) is 12.0. The fourth-order valence-electron chi connectivity index (χ4n) is 2.28. The van der Waals surface area contributed by atoms with Crippen molar-refractivity contribution in [3.8, 4) is 0 Å². The van der Waals surface area contributed by atoms with Gasteiger partial charge in [0.15, 0.2) is 0 Å². The van der Waals surface area contributed by atoms with Crippen molar-refractivity contribution in [1.29, 1.82) is 0 Å². The molecule has 0 aliphatic heterocycles. The van der Waals surface area contributed by atoms with Gasteiger partial charge in [0.2, 0.25) is 11.7 Å². The summed E-state index contributed by atoms with van der Waals surface area (Å²) in [5, 5.41) is 6.38. The number of rotatable bonds is 8.